The van der Waals surface area contributed by atoms with E-state index in [1.807, 2.05) is 26.0 Å². The van der Waals surface area contributed by atoms with Gasteiger partial charge in [-0.1, -0.05) is 6.58 Å². The molecule has 1 atom stereocenters. The fraction of sp³-hybridized carbons (Fsp3) is 0.700. The van der Waals surface area contributed by atoms with Gasteiger partial charge in [0.1, 0.15) is 0 Å². The molecule has 0 saturated heterocycles. The SMILES string of the molecule is C=C(CCC(C)O)C(=O)O.CN(C)C. The van der Waals surface area contributed by atoms with Crippen LogP contribution in [-0.4, -0.2) is 48.3 Å². The molecular weight excluding hydrogens is 182 g/mol. The van der Waals surface area contributed by atoms with Crippen molar-refractivity contribution < 1.29 is 15.0 Å². The standard InChI is InChI=1S/C7H12O3.C3H9N/c1-5(7(9)10)3-4-6(2)8;1-4(2)3/h6,8H,1,3-4H2,2H3,(H,9,10);1-3H3. The lowest BCUT2D eigenvalue weighted by Crippen LogP contribution is -2.04. The van der Waals surface area contributed by atoms with E-state index in [0.29, 0.717) is 12.8 Å². The third kappa shape index (κ3) is 17.3. The minimum Gasteiger partial charge on any atom is -0.478 e. The van der Waals surface area contributed by atoms with Gasteiger partial charge in [0.05, 0.1) is 6.10 Å². The van der Waals surface area contributed by atoms with Crippen molar-refractivity contribution in [3.05, 3.63) is 12.2 Å². The summed E-state index contributed by atoms with van der Waals surface area (Å²) in [4.78, 5) is 12.1. The smallest absolute Gasteiger partial charge is 0.330 e. The van der Waals surface area contributed by atoms with E-state index < -0.39 is 12.1 Å². The number of rotatable bonds is 4. The lowest BCUT2D eigenvalue weighted by molar-refractivity contribution is -0.132. The van der Waals surface area contributed by atoms with E-state index in [9.17, 15) is 4.79 Å². The first kappa shape index (κ1) is 15.6. The summed E-state index contributed by atoms with van der Waals surface area (Å²) in [5.41, 5.74) is 0.154. The predicted octanol–water partition coefficient (Wildman–Crippen LogP) is 0.966. The van der Waals surface area contributed by atoms with Crippen molar-refractivity contribution >= 4 is 5.97 Å². The predicted molar refractivity (Wildman–Crippen MR) is 57.3 cm³/mol. The summed E-state index contributed by atoms with van der Waals surface area (Å²) in [5.74, 6) is -0.986. The molecule has 0 saturated carbocycles. The Morgan fingerprint density at radius 3 is 2.00 bits per heavy atom. The highest BCUT2D eigenvalue weighted by Gasteiger charge is 2.04. The van der Waals surface area contributed by atoms with Gasteiger partial charge < -0.3 is 15.1 Å². The molecule has 0 spiro atoms. The normalized spacial score (nSPS) is 11.6. The molecule has 4 heteroatoms. The maximum Gasteiger partial charge on any atom is 0.330 e. The van der Waals surface area contributed by atoms with E-state index in [2.05, 4.69) is 6.58 Å². The zero-order valence-electron chi connectivity index (χ0n) is 9.45. The van der Waals surface area contributed by atoms with Crippen LogP contribution in [0.2, 0.25) is 0 Å². The molecule has 0 aromatic carbocycles. The van der Waals surface area contributed by atoms with Crippen LogP contribution in [0.5, 0.6) is 0 Å². The lowest BCUT2D eigenvalue weighted by Gasteiger charge is -2.01. The Balaban J connectivity index is 0. The lowest BCUT2D eigenvalue weighted by atomic mass is 10.1. The molecule has 0 amide bonds. The Kier molecular flexibility index (Phi) is 9.71. The summed E-state index contributed by atoms with van der Waals surface area (Å²) in [6, 6.07) is 0. The first-order valence-electron chi connectivity index (χ1n) is 4.47. The minimum absolute atomic E-state index is 0.154. The number of aliphatic hydroxyl groups is 1. The number of carboxylic acids is 1. The van der Waals surface area contributed by atoms with Gasteiger partial charge in [-0.05, 0) is 40.9 Å². The third-order valence-corrected chi connectivity index (χ3v) is 1.17. The van der Waals surface area contributed by atoms with Crippen LogP contribution in [-0.2, 0) is 4.79 Å². The maximum absolute atomic E-state index is 10.1. The van der Waals surface area contributed by atoms with Crippen LogP contribution < -0.4 is 0 Å². The molecule has 0 aromatic rings. The summed E-state index contributed by atoms with van der Waals surface area (Å²) < 4.78 is 0. The van der Waals surface area contributed by atoms with Crippen molar-refractivity contribution in [2.75, 3.05) is 21.1 Å². The second kappa shape index (κ2) is 8.72. The zero-order valence-corrected chi connectivity index (χ0v) is 9.45. The van der Waals surface area contributed by atoms with Crippen LogP contribution in [0.25, 0.3) is 0 Å². The summed E-state index contributed by atoms with van der Waals surface area (Å²) in [6.07, 6.45) is 0.370. The topological polar surface area (TPSA) is 60.8 Å². The fourth-order valence-corrected chi connectivity index (χ4v) is 0.490. The van der Waals surface area contributed by atoms with Gasteiger partial charge in [0.2, 0.25) is 0 Å². The van der Waals surface area contributed by atoms with Gasteiger partial charge in [-0.2, -0.15) is 0 Å². The molecule has 4 nitrogen and oxygen atoms in total. The van der Waals surface area contributed by atoms with Crippen LogP contribution in [0.15, 0.2) is 12.2 Å². The quantitative estimate of drug-likeness (QED) is 0.668. The van der Waals surface area contributed by atoms with E-state index in [-0.39, 0.29) is 5.57 Å². The van der Waals surface area contributed by atoms with Crippen molar-refractivity contribution in [3.63, 3.8) is 0 Å². The Morgan fingerprint density at radius 2 is 1.79 bits per heavy atom. The number of carbonyl (C=O) groups is 1. The molecule has 2 N–H and O–H groups in total. The van der Waals surface area contributed by atoms with E-state index in [1.54, 1.807) is 6.92 Å². The Bertz CT molecular complexity index is 173. The molecule has 1 unspecified atom stereocenters. The van der Waals surface area contributed by atoms with Crippen LogP contribution in [0, 0.1) is 0 Å². The first-order chi connectivity index (χ1) is 6.27. The average Bonchev–Trinajstić information content (AvgIpc) is 1.98. The van der Waals surface area contributed by atoms with E-state index in [4.69, 9.17) is 10.2 Å². The van der Waals surface area contributed by atoms with E-state index in [1.165, 1.54) is 0 Å². The molecule has 0 bridgehead atoms. The molecule has 0 heterocycles. The number of aliphatic carboxylic acids is 1. The van der Waals surface area contributed by atoms with Gasteiger partial charge in [-0.25, -0.2) is 4.79 Å². The number of aliphatic hydroxyl groups excluding tert-OH is 1. The minimum atomic E-state index is -0.986. The Labute approximate surface area is 85.8 Å². The Morgan fingerprint density at radius 1 is 1.43 bits per heavy atom. The van der Waals surface area contributed by atoms with Gasteiger partial charge in [-0.15, -0.1) is 0 Å². The largest absolute Gasteiger partial charge is 0.478 e. The molecule has 14 heavy (non-hydrogen) atoms. The second-order valence-corrected chi connectivity index (χ2v) is 3.64. The van der Waals surface area contributed by atoms with Gasteiger partial charge >= 0.3 is 5.97 Å². The van der Waals surface area contributed by atoms with E-state index in [0.717, 1.165) is 0 Å². The van der Waals surface area contributed by atoms with Crippen molar-refractivity contribution in [1.29, 1.82) is 0 Å². The third-order valence-electron chi connectivity index (χ3n) is 1.17. The molecular formula is C10H21NO3. The van der Waals surface area contributed by atoms with Crippen LogP contribution in [0.4, 0.5) is 0 Å². The first-order valence-corrected chi connectivity index (χ1v) is 4.47. The van der Waals surface area contributed by atoms with Crippen molar-refractivity contribution in [2.45, 2.75) is 25.9 Å². The highest BCUT2D eigenvalue weighted by Crippen LogP contribution is 2.04. The molecule has 0 rings (SSSR count). The van der Waals surface area contributed by atoms with Gasteiger partial charge in [-0.3, -0.25) is 0 Å². The summed E-state index contributed by atoms with van der Waals surface area (Å²) in [7, 11) is 6.00. The average molecular weight is 203 g/mol. The fourth-order valence-electron chi connectivity index (χ4n) is 0.490. The van der Waals surface area contributed by atoms with Crippen molar-refractivity contribution in [3.8, 4) is 0 Å². The summed E-state index contributed by atoms with van der Waals surface area (Å²) in [5, 5.41) is 17.1. The molecule has 0 aliphatic heterocycles. The van der Waals surface area contributed by atoms with Crippen molar-refractivity contribution in [2.24, 2.45) is 0 Å². The molecule has 0 aliphatic carbocycles. The van der Waals surface area contributed by atoms with Gasteiger partial charge in [0.25, 0.3) is 0 Å². The van der Waals surface area contributed by atoms with Crippen LogP contribution in [0.3, 0.4) is 0 Å². The maximum atomic E-state index is 10.1. The van der Waals surface area contributed by atoms with Gasteiger partial charge in [0.15, 0.2) is 0 Å². The summed E-state index contributed by atoms with van der Waals surface area (Å²) in [6.45, 7) is 4.94. The van der Waals surface area contributed by atoms with Crippen LogP contribution in [0.1, 0.15) is 19.8 Å². The van der Waals surface area contributed by atoms with Gasteiger partial charge in [0, 0.05) is 5.57 Å². The molecule has 0 fully saturated rings. The summed E-state index contributed by atoms with van der Waals surface area (Å²) >= 11 is 0. The number of carboxylic acid groups (broad SMARTS) is 1. The van der Waals surface area contributed by atoms with Crippen LogP contribution >= 0.6 is 0 Å². The van der Waals surface area contributed by atoms with Crippen molar-refractivity contribution in [1.82, 2.24) is 4.90 Å². The highest BCUT2D eigenvalue weighted by atomic mass is 16.4. The zero-order chi connectivity index (χ0) is 11.7. The number of nitrogens with zero attached hydrogens (tertiary/aromatic N) is 1. The molecule has 0 aliphatic rings. The number of hydrogen-bond acceptors (Lipinski definition) is 3. The molecule has 0 aromatic heterocycles. The second-order valence-electron chi connectivity index (χ2n) is 3.64. The Hall–Kier alpha value is -0.870. The molecule has 0 radical (unpaired) electrons. The monoisotopic (exact) mass is 203 g/mol. The highest BCUT2D eigenvalue weighted by molar-refractivity contribution is 5.85. The number of hydrogen-bond donors (Lipinski definition) is 2. The molecule has 84 valence electrons. The van der Waals surface area contributed by atoms with E-state index >= 15 is 0 Å².